The Hall–Kier alpha value is -1.71. The third-order valence-electron chi connectivity index (χ3n) is 4.31. The highest BCUT2D eigenvalue weighted by atomic mass is 16.5. The summed E-state index contributed by atoms with van der Waals surface area (Å²) in [5, 5.41) is 0. The van der Waals surface area contributed by atoms with Crippen molar-refractivity contribution in [1.29, 1.82) is 0 Å². The van der Waals surface area contributed by atoms with Gasteiger partial charge in [-0.3, -0.25) is 0 Å². The predicted octanol–water partition coefficient (Wildman–Crippen LogP) is 3.77. The molecule has 1 unspecified atom stereocenters. The fraction of sp³-hybridized carbons (Fsp3) is 0.562. The second-order valence-electron chi connectivity index (χ2n) is 6.06. The smallest absolute Gasteiger partial charge is 0.201 e. The van der Waals surface area contributed by atoms with Crippen molar-refractivity contribution < 1.29 is 4.74 Å². The Morgan fingerprint density at radius 2 is 2.05 bits per heavy atom. The van der Waals surface area contributed by atoms with Crippen LogP contribution < -0.4 is 10.5 Å². The summed E-state index contributed by atoms with van der Waals surface area (Å²) < 4.78 is 8.02. The summed E-state index contributed by atoms with van der Waals surface area (Å²) in [6.07, 6.45) is 4.06. The van der Waals surface area contributed by atoms with Crippen LogP contribution in [0.4, 0.5) is 5.95 Å². The fourth-order valence-electron chi connectivity index (χ4n) is 3.02. The molecule has 1 aliphatic rings. The molecule has 1 fully saturated rings. The zero-order chi connectivity index (χ0) is 14.3. The molecule has 0 aliphatic heterocycles. The van der Waals surface area contributed by atoms with Crippen LogP contribution in [0.5, 0.6) is 5.75 Å². The molecule has 0 radical (unpaired) electrons. The van der Waals surface area contributed by atoms with Gasteiger partial charge in [0.2, 0.25) is 5.95 Å². The molecule has 4 nitrogen and oxygen atoms in total. The zero-order valence-corrected chi connectivity index (χ0v) is 12.5. The van der Waals surface area contributed by atoms with E-state index in [9.17, 15) is 0 Å². The topological polar surface area (TPSA) is 53.1 Å². The number of fused-ring (bicyclic) bond motifs is 1. The molecule has 1 aromatic carbocycles. The van der Waals surface area contributed by atoms with E-state index in [2.05, 4.69) is 22.5 Å². The molecule has 1 saturated carbocycles. The van der Waals surface area contributed by atoms with Gasteiger partial charge in [-0.1, -0.05) is 12.5 Å². The van der Waals surface area contributed by atoms with Crippen molar-refractivity contribution in [3.05, 3.63) is 18.2 Å². The normalized spacial score (nSPS) is 17.4. The Labute approximate surface area is 119 Å². The molecule has 108 valence electrons. The lowest BCUT2D eigenvalue weighted by Gasteiger charge is -2.33. The summed E-state index contributed by atoms with van der Waals surface area (Å²) in [4.78, 5) is 4.54. The van der Waals surface area contributed by atoms with Crippen molar-refractivity contribution >= 4 is 17.0 Å². The van der Waals surface area contributed by atoms with Gasteiger partial charge < -0.3 is 15.0 Å². The number of benzene rings is 1. The number of ether oxygens (including phenoxy) is 1. The quantitative estimate of drug-likeness (QED) is 0.922. The molecule has 0 spiro atoms. The van der Waals surface area contributed by atoms with Gasteiger partial charge in [-0.15, -0.1) is 0 Å². The van der Waals surface area contributed by atoms with Crippen molar-refractivity contribution in [2.24, 2.45) is 5.92 Å². The van der Waals surface area contributed by atoms with Crippen LogP contribution in [-0.2, 0) is 0 Å². The van der Waals surface area contributed by atoms with E-state index in [1.54, 1.807) is 0 Å². The van der Waals surface area contributed by atoms with E-state index in [1.165, 1.54) is 19.3 Å². The fourth-order valence-corrected chi connectivity index (χ4v) is 3.02. The lowest BCUT2D eigenvalue weighted by atomic mass is 9.80. The second-order valence-corrected chi connectivity index (χ2v) is 6.06. The number of para-hydroxylation sites is 1. The van der Waals surface area contributed by atoms with Crippen molar-refractivity contribution in [2.45, 2.75) is 52.2 Å². The molecule has 4 heteroatoms. The molecule has 20 heavy (non-hydrogen) atoms. The maximum absolute atomic E-state index is 6.17. The summed E-state index contributed by atoms with van der Waals surface area (Å²) >= 11 is 0. The van der Waals surface area contributed by atoms with E-state index >= 15 is 0 Å². The Morgan fingerprint density at radius 1 is 1.30 bits per heavy atom. The van der Waals surface area contributed by atoms with Gasteiger partial charge in [-0.2, -0.15) is 0 Å². The summed E-state index contributed by atoms with van der Waals surface area (Å²) in [6.45, 7) is 6.30. The van der Waals surface area contributed by atoms with E-state index < -0.39 is 0 Å². The molecular formula is C16H23N3O. The van der Waals surface area contributed by atoms with Crippen molar-refractivity contribution in [1.82, 2.24) is 9.55 Å². The minimum atomic E-state index is 0.135. The third kappa shape index (κ3) is 2.13. The van der Waals surface area contributed by atoms with Crippen molar-refractivity contribution in [3.8, 4) is 5.75 Å². The number of hydrogen-bond donors (Lipinski definition) is 1. The van der Waals surface area contributed by atoms with Crippen LogP contribution in [0, 0.1) is 5.92 Å². The van der Waals surface area contributed by atoms with Crippen LogP contribution in [0.2, 0.25) is 0 Å². The largest absolute Gasteiger partial charge is 0.489 e. The van der Waals surface area contributed by atoms with Gasteiger partial charge in [-0.05, 0) is 51.7 Å². The van der Waals surface area contributed by atoms with E-state index in [4.69, 9.17) is 10.5 Å². The molecule has 0 bridgehead atoms. The number of nitrogens with two attached hydrogens (primary N) is 1. The Kier molecular flexibility index (Phi) is 3.32. The van der Waals surface area contributed by atoms with Gasteiger partial charge in [0.05, 0.1) is 11.6 Å². The number of anilines is 1. The number of rotatable bonds is 4. The second kappa shape index (κ2) is 5.00. The summed E-state index contributed by atoms with van der Waals surface area (Å²) in [5.41, 5.74) is 8.13. The number of aromatic nitrogens is 2. The molecule has 1 aromatic heterocycles. The lowest BCUT2D eigenvalue weighted by Crippen LogP contribution is -2.23. The number of nitrogens with zero attached hydrogens (tertiary/aromatic N) is 2. The maximum atomic E-state index is 6.17. The molecule has 1 heterocycles. The van der Waals surface area contributed by atoms with Crippen LogP contribution in [0.25, 0.3) is 11.0 Å². The average molecular weight is 273 g/mol. The summed E-state index contributed by atoms with van der Waals surface area (Å²) in [5.74, 6) is 2.15. The molecule has 1 atom stereocenters. The Bertz CT molecular complexity index is 613. The minimum absolute atomic E-state index is 0.135. The van der Waals surface area contributed by atoms with E-state index in [1.807, 2.05) is 26.0 Å². The van der Waals surface area contributed by atoms with Gasteiger partial charge in [0, 0.05) is 6.04 Å². The van der Waals surface area contributed by atoms with Gasteiger partial charge in [0.25, 0.3) is 0 Å². The van der Waals surface area contributed by atoms with E-state index in [-0.39, 0.29) is 6.10 Å². The van der Waals surface area contributed by atoms with Crippen molar-refractivity contribution in [2.75, 3.05) is 5.73 Å². The molecule has 0 saturated heterocycles. The van der Waals surface area contributed by atoms with Gasteiger partial charge in [0.1, 0.15) is 11.3 Å². The SMILES string of the molecule is CC(C)Oc1cccc2c1nc(N)n2C(C)C1CCC1. The van der Waals surface area contributed by atoms with Crippen LogP contribution in [0.15, 0.2) is 18.2 Å². The van der Waals surface area contributed by atoms with Crippen LogP contribution in [0.1, 0.15) is 46.1 Å². The molecular weight excluding hydrogens is 250 g/mol. The highest BCUT2D eigenvalue weighted by molar-refractivity contribution is 5.84. The third-order valence-corrected chi connectivity index (χ3v) is 4.31. The molecule has 2 aromatic rings. The number of imidazole rings is 1. The Balaban J connectivity index is 2.06. The Morgan fingerprint density at radius 3 is 2.65 bits per heavy atom. The zero-order valence-electron chi connectivity index (χ0n) is 12.5. The molecule has 3 rings (SSSR count). The van der Waals surface area contributed by atoms with Crippen LogP contribution in [-0.4, -0.2) is 15.7 Å². The monoisotopic (exact) mass is 273 g/mol. The van der Waals surface area contributed by atoms with E-state index in [0.29, 0.717) is 12.0 Å². The summed E-state index contributed by atoms with van der Waals surface area (Å²) in [6, 6.07) is 6.47. The number of hydrogen-bond acceptors (Lipinski definition) is 3. The standard InChI is InChI=1S/C16H23N3O/c1-10(2)20-14-9-5-8-13-15(14)18-16(17)19(13)11(3)12-6-4-7-12/h5,8-12H,4,6-7H2,1-3H3,(H2,17,18). The number of nitrogen functional groups attached to an aromatic ring is 1. The van der Waals surface area contributed by atoms with Crippen LogP contribution >= 0.6 is 0 Å². The predicted molar refractivity (Wildman–Crippen MR) is 82.0 cm³/mol. The van der Waals surface area contributed by atoms with E-state index in [0.717, 1.165) is 22.7 Å². The van der Waals surface area contributed by atoms with Crippen molar-refractivity contribution in [3.63, 3.8) is 0 Å². The van der Waals surface area contributed by atoms with Gasteiger partial charge >= 0.3 is 0 Å². The maximum Gasteiger partial charge on any atom is 0.201 e. The van der Waals surface area contributed by atoms with Gasteiger partial charge in [-0.25, -0.2) is 4.98 Å². The summed E-state index contributed by atoms with van der Waals surface area (Å²) in [7, 11) is 0. The highest BCUT2D eigenvalue weighted by Gasteiger charge is 2.28. The minimum Gasteiger partial charge on any atom is -0.489 e. The first kappa shape index (κ1) is 13.3. The first-order chi connectivity index (χ1) is 9.58. The molecule has 0 amide bonds. The van der Waals surface area contributed by atoms with Gasteiger partial charge in [0.15, 0.2) is 0 Å². The highest BCUT2D eigenvalue weighted by Crippen LogP contribution is 2.39. The first-order valence-corrected chi connectivity index (χ1v) is 7.51. The van der Waals surface area contributed by atoms with Crippen LogP contribution in [0.3, 0.4) is 0 Å². The molecule has 1 aliphatic carbocycles. The lowest BCUT2D eigenvalue weighted by molar-refractivity contribution is 0.227. The average Bonchev–Trinajstić information content (AvgIpc) is 2.63. The first-order valence-electron chi connectivity index (χ1n) is 7.51. The molecule has 2 N–H and O–H groups in total.